The fraction of sp³-hybridized carbons (Fsp3) is 0.556. The van der Waals surface area contributed by atoms with Gasteiger partial charge in [0.1, 0.15) is 0 Å². The van der Waals surface area contributed by atoms with Gasteiger partial charge in [-0.05, 0) is 18.1 Å². The quantitative estimate of drug-likeness (QED) is 0.771. The summed E-state index contributed by atoms with van der Waals surface area (Å²) in [6, 6.07) is 1.66. The summed E-state index contributed by atoms with van der Waals surface area (Å²) in [5, 5.41) is 9.38. The minimum Gasteiger partial charge on any atom is -0.388 e. The highest BCUT2D eigenvalue weighted by Crippen LogP contribution is 2.16. The molecule has 1 aromatic heterocycles. The van der Waals surface area contributed by atoms with Gasteiger partial charge in [0, 0.05) is 12.4 Å². The molecule has 0 bridgehead atoms. The van der Waals surface area contributed by atoms with Gasteiger partial charge in [-0.2, -0.15) is 0 Å². The first-order valence-electron chi connectivity index (χ1n) is 4.25. The molecular weight excluding hydrogens is 176 g/mol. The molecule has 0 radical (unpaired) electrons. The van der Waals surface area contributed by atoms with Crippen LogP contribution in [0.2, 0.25) is 0 Å². The minimum absolute atomic E-state index is 0.309. The molecule has 0 saturated carbocycles. The average molecular weight is 189 g/mol. The summed E-state index contributed by atoms with van der Waals surface area (Å²) >= 11 is 0. The molecule has 4 heteroatoms. The zero-order valence-electron chi connectivity index (χ0n) is 7.45. The van der Waals surface area contributed by atoms with Crippen LogP contribution in [0.5, 0.6) is 0 Å². The third kappa shape index (κ3) is 2.81. The van der Waals surface area contributed by atoms with Gasteiger partial charge >= 0.3 is 0 Å². The van der Waals surface area contributed by atoms with Crippen molar-refractivity contribution in [3.05, 3.63) is 24.0 Å². The van der Waals surface area contributed by atoms with E-state index in [-0.39, 0.29) is 6.54 Å². The van der Waals surface area contributed by atoms with E-state index in [0.717, 1.165) is 0 Å². The van der Waals surface area contributed by atoms with Crippen LogP contribution in [0.1, 0.15) is 25.0 Å². The first kappa shape index (κ1) is 10.2. The van der Waals surface area contributed by atoms with Crippen LogP contribution >= 0.6 is 0 Å². The highest BCUT2D eigenvalue weighted by atomic mass is 19.3. The Kier molecular flexibility index (Phi) is 3.42. The average Bonchev–Trinajstić information content (AvgIpc) is 2.50. The predicted octanol–water partition coefficient (Wildman–Crippen LogP) is 2.20. The Balaban J connectivity index is 2.63. The highest BCUT2D eigenvalue weighted by Gasteiger charge is 2.08. The number of aliphatic hydroxyl groups is 1. The maximum Gasteiger partial charge on any atom is 0.256 e. The molecule has 1 N–H and O–H groups in total. The first-order chi connectivity index (χ1) is 6.13. The molecule has 1 unspecified atom stereocenters. The molecule has 74 valence electrons. The largest absolute Gasteiger partial charge is 0.388 e. The van der Waals surface area contributed by atoms with Gasteiger partial charge in [-0.15, -0.1) is 0 Å². The molecule has 0 spiro atoms. The molecule has 0 aliphatic carbocycles. The maximum atomic E-state index is 11.9. The molecule has 1 aromatic rings. The molecule has 0 aromatic carbocycles. The second-order valence-electron chi connectivity index (χ2n) is 2.96. The Morgan fingerprint density at radius 3 is 2.77 bits per heavy atom. The number of halogens is 2. The van der Waals surface area contributed by atoms with E-state index < -0.39 is 12.5 Å². The molecule has 2 nitrogen and oxygen atoms in total. The molecule has 0 aliphatic rings. The van der Waals surface area contributed by atoms with Gasteiger partial charge in [-0.1, -0.05) is 6.92 Å². The van der Waals surface area contributed by atoms with E-state index in [2.05, 4.69) is 0 Å². The van der Waals surface area contributed by atoms with Crippen molar-refractivity contribution >= 4 is 0 Å². The van der Waals surface area contributed by atoms with Crippen LogP contribution in [-0.4, -0.2) is 16.1 Å². The van der Waals surface area contributed by atoms with Gasteiger partial charge in [-0.25, -0.2) is 8.78 Å². The fourth-order valence-corrected chi connectivity index (χ4v) is 1.17. The number of hydrogen-bond donors (Lipinski definition) is 1. The van der Waals surface area contributed by atoms with Crippen molar-refractivity contribution in [1.29, 1.82) is 0 Å². The fourth-order valence-electron chi connectivity index (χ4n) is 1.17. The van der Waals surface area contributed by atoms with E-state index in [1.54, 1.807) is 18.5 Å². The van der Waals surface area contributed by atoms with Crippen molar-refractivity contribution in [3.63, 3.8) is 0 Å². The van der Waals surface area contributed by atoms with Gasteiger partial charge in [0.2, 0.25) is 0 Å². The minimum atomic E-state index is -2.35. The van der Waals surface area contributed by atoms with Gasteiger partial charge in [0.05, 0.1) is 12.6 Å². The lowest BCUT2D eigenvalue weighted by molar-refractivity contribution is 0.126. The normalized spacial score (nSPS) is 13.6. The van der Waals surface area contributed by atoms with Gasteiger partial charge in [0.25, 0.3) is 6.43 Å². The van der Waals surface area contributed by atoms with Crippen LogP contribution in [0, 0.1) is 0 Å². The number of rotatable bonds is 4. The Hall–Kier alpha value is -0.900. The lowest BCUT2D eigenvalue weighted by atomic mass is 10.1. The number of aliphatic hydroxyl groups excluding tert-OH is 1. The summed E-state index contributed by atoms with van der Waals surface area (Å²) in [7, 11) is 0. The first-order valence-corrected chi connectivity index (χ1v) is 4.25. The van der Waals surface area contributed by atoms with E-state index in [0.29, 0.717) is 12.0 Å². The zero-order valence-corrected chi connectivity index (χ0v) is 7.45. The molecule has 1 heterocycles. The molecule has 1 rings (SSSR count). The molecule has 0 fully saturated rings. The Bertz CT molecular complexity index is 260. The zero-order chi connectivity index (χ0) is 9.84. The number of nitrogens with zero attached hydrogens (tertiary/aromatic N) is 1. The van der Waals surface area contributed by atoms with Gasteiger partial charge < -0.3 is 9.67 Å². The summed E-state index contributed by atoms with van der Waals surface area (Å²) in [6.07, 6.45) is 0.817. The van der Waals surface area contributed by atoms with Crippen LogP contribution in [0.4, 0.5) is 8.78 Å². The van der Waals surface area contributed by atoms with Crippen molar-refractivity contribution in [2.24, 2.45) is 0 Å². The van der Waals surface area contributed by atoms with Crippen molar-refractivity contribution in [1.82, 2.24) is 4.57 Å². The topological polar surface area (TPSA) is 25.2 Å². The molecular formula is C9H13F2NO. The molecule has 1 atom stereocenters. The highest BCUT2D eigenvalue weighted by molar-refractivity contribution is 5.13. The second-order valence-corrected chi connectivity index (χ2v) is 2.96. The maximum absolute atomic E-state index is 11.9. The summed E-state index contributed by atoms with van der Waals surface area (Å²) in [5.41, 5.74) is 0.697. The van der Waals surface area contributed by atoms with E-state index in [9.17, 15) is 13.9 Å². The van der Waals surface area contributed by atoms with E-state index in [1.165, 1.54) is 4.57 Å². The lowest BCUT2D eigenvalue weighted by Gasteiger charge is -2.04. The molecule has 0 saturated heterocycles. The summed E-state index contributed by atoms with van der Waals surface area (Å²) < 4.78 is 25.2. The second kappa shape index (κ2) is 4.37. The van der Waals surface area contributed by atoms with Crippen LogP contribution in [0.25, 0.3) is 0 Å². The molecule has 0 aliphatic heterocycles. The standard InChI is InChI=1S/C9H13F2NO/c1-2-8(13)7-3-4-12(5-7)6-9(10)11/h3-5,8-9,13H,2,6H2,1H3. The monoisotopic (exact) mass is 189 g/mol. The summed E-state index contributed by atoms with van der Waals surface area (Å²) in [5.74, 6) is 0. The third-order valence-electron chi connectivity index (χ3n) is 1.89. The number of aromatic nitrogens is 1. The lowest BCUT2D eigenvalue weighted by Crippen LogP contribution is -2.04. The van der Waals surface area contributed by atoms with Gasteiger partial charge in [-0.3, -0.25) is 0 Å². The Morgan fingerprint density at radius 2 is 2.23 bits per heavy atom. The number of alkyl halides is 2. The van der Waals surface area contributed by atoms with Crippen molar-refractivity contribution < 1.29 is 13.9 Å². The predicted molar refractivity (Wildman–Crippen MR) is 45.7 cm³/mol. The Morgan fingerprint density at radius 1 is 1.54 bits per heavy atom. The third-order valence-corrected chi connectivity index (χ3v) is 1.89. The molecule has 13 heavy (non-hydrogen) atoms. The smallest absolute Gasteiger partial charge is 0.256 e. The van der Waals surface area contributed by atoms with Gasteiger partial charge in [0.15, 0.2) is 0 Å². The summed E-state index contributed by atoms with van der Waals surface area (Å²) in [4.78, 5) is 0. The van der Waals surface area contributed by atoms with E-state index >= 15 is 0 Å². The Labute approximate surface area is 75.8 Å². The van der Waals surface area contributed by atoms with E-state index in [1.807, 2.05) is 6.92 Å². The van der Waals surface area contributed by atoms with Crippen molar-refractivity contribution in [3.8, 4) is 0 Å². The van der Waals surface area contributed by atoms with Crippen LogP contribution in [-0.2, 0) is 6.54 Å². The van der Waals surface area contributed by atoms with Crippen LogP contribution in [0.15, 0.2) is 18.5 Å². The molecule has 0 amide bonds. The van der Waals surface area contributed by atoms with E-state index in [4.69, 9.17) is 0 Å². The number of hydrogen-bond acceptors (Lipinski definition) is 1. The summed E-state index contributed by atoms with van der Waals surface area (Å²) in [6.45, 7) is 1.53. The van der Waals surface area contributed by atoms with Crippen LogP contribution in [0.3, 0.4) is 0 Å². The van der Waals surface area contributed by atoms with Crippen LogP contribution < -0.4 is 0 Å². The SMILES string of the molecule is CCC(O)c1ccn(CC(F)F)c1. The van der Waals surface area contributed by atoms with Crippen molar-refractivity contribution in [2.75, 3.05) is 0 Å². The van der Waals surface area contributed by atoms with Crippen molar-refractivity contribution in [2.45, 2.75) is 32.4 Å².